The number of hydrogen-bond donors (Lipinski definition) is 0. The highest BCUT2D eigenvalue weighted by atomic mass is 15.1. The molecule has 0 saturated carbocycles. The summed E-state index contributed by atoms with van der Waals surface area (Å²) in [6, 6.07) is 20.7. The molecule has 0 amide bonds. The second kappa shape index (κ2) is 6.55. The van der Waals surface area contributed by atoms with Gasteiger partial charge in [-0.25, -0.2) is 0 Å². The first kappa shape index (κ1) is 13.1. The van der Waals surface area contributed by atoms with Crippen molar-refractivity contribution in [1.29, 1.82) is 0 Å². The zero-order valence-corrected chi connectivity index (χ0v) is 11.2. The van der Waals surface area contributed by atoms with Crippen LogP contribution in [-0.2, 0) is 6.54 Å². The molecule has 0 spiro atoms. The molecule has 2 aromatic rings. The van der Waals surface area contributed by atoms with Crippen LogP contribution in [0.2, 0.25) is 0 Å². The number of aliphatic imine (C=N–C) groups is 1. The molecule has 0 heterocycles. The van der Waals surface area contributed by atoms with Crippen LogP contribution >= 0.6 is 0 Å². The topological polar surface area (TPSA) is 15.6 Å². The van der Waals surface area contributed by atoms with Gasteiger partial charge >= 0.3 is 0 Å². The summed E-state index contributed by atoms with van der Waals surface area (Å²) in [4.78, 5) is 6.10. The fraction of sp³-hybridized carbons (Fsp3) is 0.118. The summed E-state index contributed by atoms with van der Waals surface area (Å²) < 4.78 is 0. The predicted molar refractivity (Wildman–Crippen MR) is 82.4 cm³/mol. The molecule has 0 fully saturated rings. The number of hydrogen-bond acceptors (Lipinski definition) is 2. The van der Waals surface area contributed by atoms with E-state index in [0.717, 1.165) is 17.9 Å². The molecule has 0 aliphatic heterocycles. The second-order valence-electron chi connectivity index (χ2n) is 4.36. The summed E-state index contributed by atoms with van der Waals surface area (Å²) in [5, 5.41) is 0. The van der Waals surface area contributed by atoms with Crippen molar-refractivity contribution in [3.63, 3.8) is 0 Å². The average Bonchev–Trinajstić information content (AvgIpc) is 2.47. The lowest BCUT2D eigenvalue weighted by molar-refractivity contribution is 0.908. The van der Waals surface area contributed by atoms with E-state index < -0.39 is 0 Å². The van der Waals surface area contributed by atoms with E-state index in [1.165, 1.54) is 5.56 Å². The van der Waals surface area contributed by atoms with E-state index in [1.807, 2.05) is 31.2 Å². The number of para-hydroxylation sites is 1. The molecular weight excluding hydrogens is 232 g/mol. The van der Waals surface area contributed by atoms with Gasteiger partial charge in [0.1, 0.15) is 0 Å². The minimum Gasteiger partial charge on any atom is -0.339 e. The summed E-state index contributed by atoms with van der Waals surface area (Å²) >= 11 is 0. The maximum Gasteiger partial charge on any atom is 0.0479 e. The zero-order chi connectivity index (χ0) is 13.5. The van der Waals surface area contributed by atoms with Gasteiger partial charge in [0.15, 0.2) is 0 Å². The molecule has 0 atom stereocenters. The van der Waals surface area contributed by atoms with Gasteiger partial charge in [0.05, 0.1) is 0 Å². The predicted octanol–water partition coefficient (Wildman–Crippen LogP) is 4.26. The molecule has 2 nitrogen and oxygen atoms in total. The standard InChI is InChI=1S/C17H18N2/c1-15(13-18-2)19(17-11-7-4-8-12-17)14-16-9-5-3-6-10-16/h3-13H,2,14H2,1H3/b15-13-. The minimum absolute atomic E-state index is 0.822. The summed E-state index contributed by atoms with van der Waals surface area (Å²) in [5.74, 6) is 0. The summed E-state index contributed by atoms with van der Waals surface area (Å²) in [6.45, 7) is 6.40. The van der Waals surface area contributed by atoms with Crippen molar-refractivity contribution in [3.05, 3.63) is 78.1 Å². The van der Waals surface area contributed by atoms with E-state index in [0.29, 0.717) is 0 Å². The van der Waals surface area contributed by atoms with Gasteiger partial charge in [0.2, 0.25) is 0 Å². The monoisotopic (exact) mass is 250 g/mol. The molecule has 0 aliphatic carbocycles. The highest BCUT2D eigenvalue weighted by molar-refractivity contribution is 5.52. The third-order valence-electron chi connectivity index (χ3n) is 2.96. The molecule has 19 heavy (non-hydrogen) atoms. The van der Waals surface area contributed by atoms with Crippen LogP contribution in [-0.4, -0.2) is 6.72 Å². The second-order valence-corrected chi connectivity index (χ2v) is 4.36. The van der Waals surface area contributed by atoms with Crippen molar-refractivity contribution in [1.82, 2.24) is 0 Å². The Kier molecular flexibility index (Phi) is 4.51. The van der Waals surface area contributed by atoms with Gasteiger partial charge < -0.3 is 4.90 Å². The maximum atomic E-state index is 3.87. The Bertz CT molecular complexity index is 544. The Hall–Kier alpha value is -2.35. The van der Waals surface area contributed by atoms with Crippen molar-refractivity contribution >= 4 is 12.4 Å². The summed E-state index contributed by atoms with van der Waals surface area (Å²) in [6.07, 6.45) is 1.79. The van der Waals surface area contributed by atoms with E-state index in [4.69, 9.17) is 0 Å². The van der Waals surface area contributed by atoms with E-state index in [9.17, 15) is 0 Å². The van der Waals surface area contributed by atoms with Crippen LogP contribution in [0.15, 0.2) is 77.6 Å². The van der Waals surface area contributed by atoms with Crippen molar-refractivity contribution in [3.8, 4) is 0 Å². The number of allylic oxidation sites excluding steroid dienone is 1. The molecule has 2 heteroatoms. The molecule has 0 unspecified atom stereocenters. The van der Waals surface area contributed by atoms with Gasteiger partial charge in [-0.15, -0.1) is 0 Å². The third-order valence-corrected chi connectivity index (χ3v) is 2.96. The Morgan fingerprint density at radius 2 is 1.63 bits per heavy atom. The smallest absolute Gasteiger partial charge is 0.0479 e. The minimum atomic E-state index is 0.822. The lowest BCUT2D eigenvalue weighted by Crippen LogP contribution is -2.20. The van der Waals surface area contributed by atoms with Crippen molar-refractivity contribution < 1.29 is 0 Å². The lowest BCUT2D eigenvalue weighted by atomic mass is 10.2. The Morgan fingerprint density at radius 3 is 2.21 bits per heavy atom. The molecule has 96 valence electrons. The van der Waals surface area contributed by atoms with Gasteiger partial charge in [-0.05, 0) is 31.3 Å². The molecule has 0 bridgehead atoms. The molecular formula is C17H18N2. The van der Waals surface area contributed by atoms with E-state index in [-0.39, 0.29) is 0 Å². The van der Waals surface area contributed by atoms with Gasteiger partial charge in [-0.2, -0.15) is 0 Å². The first-order valence-electron chi connectivity index (χ1n) is 6.30. The summed E-state index contributed by atoms with van der Waals surface area (Å²) in [7, 11) is 0. The van der Waals surface area contributed by atoms with E-state index in [1.54, 1.807) is 6.20 Å². The Morgan fingerprint density at radius 1 is 1.05 bits per heavy atom. The lowest BCUT2D eigenvalue weighted by Gasteiger charge is -2.25. The van der Waals surface area contributed by atoms with Crippen LogP contribution in [0.5, 0.6) is 0 Å². The Labute approximate surface area is 114 Å². The van der Waals surface area contributed by atoms with E-state index >= 15 is 0 Å². The molecule has 2 aromatic carbocycles. The zero-order valence-electron chi connectivity index (χ0n) is 11.2. The van der Waals surface area contributed by atoms with Crippen LogP contribution in [0, 0.1) is 0 Å². The van der Waals surface area contributed by atoms with Gasteiger partial charge in [-0.1, -0.05) is 48.5 Å². The number of nitrogens with zero attached hydrogens (tertiary/aromatic N) is 2. The normalized spacial score (nSPS) is 11.1. The largest absolute Gasteiger partial charge is 0.339 e. The molecule has 0 aromatic heterocycles. The fourth-order valence-electron chi connectivity index (χ4n) is 2.00. The van der Waals surface area contributed by atoms with E-state index in [2.05, 4.69) is 53.0 Å². The molecule has 0 N–H and O–H groups in total. The SMILES string of the molecule is C=N/C=C(/C)N(Cc1ccccc1)c1ccccc1. The van der Waals surface area contributed by atoms with Crippen LogP contribution in [0.25, 0.3) is 0 Å². The third kappa shape index (κ3) is 3.55. The van der Waals surface area contributed by atoms with Crippen LogP contribution < -0.4 is 4.90 Å². The maximum absolute atomic E-state index is 3.87. The van der Waals surface area contributed by atoms with Gasteiger partial charge in [0.25, 0.3) is 0 Å². The number of anilines is 1. The first-order chi connectivity index (χ1) is 9.31. The van der Waals surface area contributed by atoms with Crippen molar-refractivity contribution in [2.75, 3.05) is 4.90 Å². The van der Waals surface area contributed by atoms with Crippen molar-refractivity contribution in [2.24, 2.45) is 4.99 Å². The van der Waals surface area contributed by atoms with Gasteiger partial charge in [-0.3, -0.25) is 4.99 Å². The van der Waals surface area contributed by atoms with Gasteiger partial charge in [0, 0.05) is 24.1 Å². The highest BCUT2D eigenvalue weighted by Crippen LogP contribution is 2.21. The van der Waals surface area contributed by atoms with Crippen LogP contribution in [0.4, 0.5) is 5.69 Å². The number of rotatable bonds is 5. The molecule has 0 saturated heterocycles. The summed E-state index contributed by atoms with van der Waals surface area (Å²) in [5.41, 5.74) is 3.50. The fourth-order valence-corrected chi connectivity index (χ4v) is 2.00. The molecule has 0 radical (unpaired) electrons. The average molecular weight is 250 g/mol. The first-order valence-corrected chi connectivity index (χ1v) is 6.30. The van der Waals surface area contributed by atoms with Crippen LogP contribution in [0.3, 0.4) is 0 Å². The highest BCUT2D eigenvalue weighted by Gasteiger charge is 2.08. The van der Waals surface area contributed by atoms with Crippen molar-refractivity contribution in [2.45, 2.75) is 13.5 Å². The van der Waals surface area contributed by atoms with Crippen LogP contribution in [0.1, 0.15) is 12.5 Å². The molecule has 2 rings (SSSR count). The molecule has 0 aliphatic rings. The quantitative estimate of drug-likeness (QED) is 0.724. The Balaban J connectivity index is 2.30. The number of benzene rings is 2.